The molecule has 1 heterocycles. The summed E-state index contributed by atoms with van der Waals surface area (Å²) >= 11 is 0. The Balaban J connectivity index is 0.00000161. The summed E-state index contributed by atoms with van der Waals surface area (Å²) in [5.41, 5.74) is 0.789. The molecule has 5 heteroatoms. The van der Waals surface area contributed by atoms with Crippen molar-refractivity contribution in [1.82, 2.24) is 5.32 Å². The quantitative estimate of drug-likeness (QED) is 0.849. The van der Waals surface area contributed by atoms with Crippen LogP contribution >= 0.6 is 12.4 Å². The second kappa shape index (κ2) is 7.14. The Hall–Kier alpha value is -1.26. The molecular weight excluding hydrogens is 288 g/mol. The van der Waals surface area contributed by atoms with Gasteiger partial charge in [0, 0.05) is 5.92 Å². The third-order valence-electron chi connectivity index (χ3n) is 4.25. The number of carbonyl (C=O) groups is 1. The van der Waals surface area contributed by atoms with Gasteiger partial charge in [0.15, 0.2) is 0 Å². The highest BCUT2D eigenvalue weighted by Crippen LogP contribution is 2.32. The van der Waals surface area contributed by atoms with Crippen molar-refractivity contribution in [3.8, 4) is 5.75 Å². The van der Waals surface area contributed by atoms with Crippen LogP contribution < -0.4 is 15.4 Å². The van der Waals surface area contributed by atoms with Crippen LogP contribution in [0, 0.1) is 17.8 Å². The first kappa shape index (κ1) is 16.1. The fourth-order valence-corrected chi connectivity index (χ4v) is 2.31. The van der Waals surface area contributed by atoms with Crippen molar-refractivity contribution in [3.63, 3.8) is 0 Å². The topological polar surface area (TPSA) is 50.4 Å². The first-order chi connectivity index (χ1) is 9.74. The van der Waals surface area contributed by atoms with Crippen LogP contribution in [0.1, 0.15) is 19.8 Å². The molecule has 1 aliphatic heterocycles. The van der Waals surface area contributed by atoms with Crippen molar-refractivity contribution < 1.29 is 9.53 Å². The summed E-state index contributed by atoms with van der Waals surface area (Å²) in [6, 6.07) is 7.70. The average molecular weight is 311 g/mol. The van der Waals surface area contributed by atoms with Gasteiger partial charge in [0.1, 0.15) is 5.75 Å². The van der Waals surface area contributed by atoms with Gasteiger partial charge in [-0.2, -0.15) is 0 Å². The Labute approximate surface area is 132 Å². The number of halogens is 1. The Morgan fingerprint density at radius 1 is 1.38 bits per heavy atom. The number of nitrogens with one attached hydrogen (secondary N) is 2. The van der Waals surface area contributed by atoms with Gasteiger partial charge in [-0.25, -0.2) is 0 Å². The maximum atomic E-state index is 12.3. The highest BCUT2D eigenvalue weighted by Gasteiger charge is 2.29. The second-order valence-electron chi connectivity index (χ2n) is 5.95. The van der Waals surface area contributed by atoms with Gasteiger partial charge in [0.2, 0.25) is 5.91 Å². The summed E-state index contributed by atoms with van der Waals surface area (Å²) in [6.45, 7) is 4.63. The molecule has 3 rings (SSSR count). The van der Waals surface area contributed by atoms with Gasteiger partial charge < -0.3 is 15.4 Å². The number of amides is 1. The molecule has 21 heavy (non-hydrogen) atoms. The van der Waals surface area contributed by atoms with E-state index in [2.05, 4.69) is 10.6 Å². The molecule has 0 aromatic heterocycles. The first-order valence-electron chi connectivity index (χ1n) is 7.47. The largest absolute Gasteiger partial charge is 0.491 e. The molecule has 1 atom stereocenters. The normalized spacial score (nSPS) is 19.1. The van der Waals surface area contributed by atoms with Crippen molar-refractivity contribution in [2.24, 2.45) is 17.8 Å². The number of anilines is 1. The van der Waals surface area contributed by atoms with Crippen LogP contribution in [-0.4, -0.2) is 25.6 Å². The van der Waals surface area contributed by atoms with Crippen molar-refractivity contribution in [1.29, 1.82) is 0 Å². The molecule has 1 saturated carbocycles. The molecule has 1 aromatic carbocycles. The zero-order valence-corrected chi connectivity index (χ0v) is 13.1. The summed E-state index contributed by atoms with van der Waals surface area (Å²) < 4.78 is 5.82. The number of para-hydroxylation sites is 2. The lowest BCUT2D eigenvalue weighted by atomic mass is 9.88. The number of ether oxygens (including phenoxy) is 1. The summed E-state index contributed by atoms with van der Waals surface area (Å²) in [5.74, 6) is 2.06. The number of benzene rings is 1. The predicted octanol–water partition coefficient (Wildman–Crippen LogP) is 2.69. The summed E-state index contributed by atoms with van der Waals surface area (Å²) in [7, 11) is 0. The fraction of sp³-hybridized carbons (Fsp3) is 0.562. The average Bonchev–Trinajstić information content (AvgIpc) is 3.19. The Kier molecular flexibility index (Phi) is 5.48. The van der Waals surface area contributed by atoms with Gasteiger partial charge in [-0.1, -0.05) is 19.1 Å². The molecule has 0 bridgehead atoms. The number of hydrogen-bond donors (Lipinski definition) is 2. The molecule has 1 aliphatic carbocycles. The van der Waals surface area contributed by atoms with Crippen LogP contribution in [-0.2, 0) is 4.79 Å². The maximum Gasteiger partial charge on any atom is 0.227 e. The standard InChI is InChI=1S/C16H22N2O2.ClH/c1-11(13-8-17-9-13)16(19)18-14-4-2-3-5-15(14)20-10-12-6-7-12;/h2-5,11-13,17H,6-10H2,1H3,(H,18,19);1H. The van der Waals surface area contributed by atoms with E-state index in [1.165, 1.54) is 12.8 Å². The summed E-state index contributed by atoms with van der Waals surface area (Å²) in [4.78, 5) is 12.3. The molecule has 2 aliphatic rings. The lowest BCUT2D eigenvalue weighted by molar-refractivity contribution is -0.121. The third-order valence-corrected chi connectivity index (χ3v) is 4.25. The van der Waals surface area contributed by atoms with Crippen molar-refractivity contribution >= 4 is 24.0 Å². The highest BCUT2D eigenvalue weighted by atomic mass is 35.5. The van der Waals surface area contributed by atoms with E-state index in [4.69, 9.17) is 4.74 Å². The van der Waals surface area contributed by atoms with Gasteiger partial charge >= 0.3 is 0 Å². The second-order valence-corrected chi connectivity index (χ2v) is 5.95. The minimum Gasteiger partial charge on any atom is -0.491 e. The highest BCUT2D eigenvalue weighted by molar-refractivity contribution is 5.94. The molecule has 4 nitrogen and oxygen atoms in total. The molecule has 1 amide bonds. The number of hydrogen-bond acceptors (Lipinski definition) is 3. The molecule has 0 radical (unpaired) electrons. The summed E-state index contributed by atoms with van der Waals surface area (Å²) in [6.07, 6.45) is 2.53. The predicted molar refractivity (Wildman–Crippen MR) is 86.1 cm³/mol. The zero-order valence-electron chi connectivity index (χ0n) is 12.3. The maximum absolute atomic E-state index is 12.3. The number of rotatable bonds is 6. The zero-order chi connectivity index (χ0) is 13.9. The Morgan fingerprint density at radius 2 is 2.10 bits per heavy atom. The van der Waals surface area contributed by atoms with Crippen molar-refractivity contribution in [2.75, 3.05) is 25.0 Å². The van der Waals surface area contributed by atoms with E-state index in [0.717, 1.165) is 31.1 Å². The van der Waals surface area contributed by atoms with Gasteiger partial charge in [-0.15, -0.1) is 12.4 Å². The summed E-state index contributed by atoms with van der Waals surface area (Å²) in [5, 5.41) is 6.22. The first-order valence-corrected chi connectivity index (χ1v) is 7.47. The van der Waals surface area contributed by atoms with Crippen LogP contribution in [0.3, 0.4) is 0 Å². The van der Waals surface area contributed by atoms with E-state index in [-0.39, 0.29) is 24.2 Å². The molecule has 1 unspecified atom stereocenters. The van der Waals surface area contributed by atoms with Crippen molar-refractivity contribution in [3.05, 3.63) is 24.3 Å². The van der Waals surface area contributed by atoms with Gasteiger partial charge in [-0.05, 0) is 49.9 Å². The Bertz CT molecular complexity index is 487. The van der Waals surface area contributed by atoms with Crippen LogP contribution in [0.5, 0.6) is 5.75 Å². The van der Waals surface area contributed by atoms with E-state index >= 15 is 0 Å². The van der Waals surface area contributed by atoms with E-state index in [0.29, 0.717) is 11.8 Å². The smallest absolute Gasteiger partial charge is 0.227 e. The van der Waals surface area contributed by atoms with E-state index in [9.17, 15) is 4.79 Å². The third kappa shape index (κ3) is 4.11. The Morgan fingerprint density at radius 3 is 2.71 bits per heavy atom. The van der Waals surface area contributed by atoms with E-state index in [1.54, 1.807) is 0 Å². The molecule has 116 valence electrons. The lowest BCUT2D eigenvalue weighted by Crippen LogP contribution is -2.48. The van der Waals surface area contributed by atoms with Crippen LogP contribution in [0.15, 0.2) is 24.3 Å². The van der Waals surface area contributed by atoms with E-state index in [1.807, 2.05) is 31.2 Å². The van der Waals surface area contributed by atoms with Gasteiger partial charge in [0.25, 0.3) is 0 Å². The number of carbonyl (C=O) groups excluding carboxylic acids is 1. The molecule has 2 N–H and O–H groups in total. The fourth-order valence-electron chi connectivity index (χ4n) is 2.31. The van der Waals surface area contributed by atoms with Gasteiger partial charge in [-0.3, -0.25) is 4.79 Å². The van der Waals surface area contributed by atoms with Crippen LogP contribution in [0.2, 0.25) is 0 Å². The van der Waals surface area contributed by atoms with E-state index < -0.39 is 0 Å². The van der Waals surface area contributed by atoms with Crippen molar-refractivity contribution in [2.45, 2.75) is 19.8 Å². The minimum atomic E-state index is 0. The molecule has 0 spiro atoms. The van der Waals surface area contributed by atoms with Crippen LogP contribution in [0.4, 0.5) is 5.69 Å². The SMILES string of the molecule is CC(C(=O)Nc1ccccc1OCC1CC1)C1CNC1.Cl. The minimum absolute atomic E-state index is 0. The molecular formula is C16H23ClN2O2. The molecule has 2 fully saturated rings. The van der Waals surface area contributed by atoms with Gasteiger partial charge in [0.05, 0.1) is 12.3 Å². The van der Waals surface area contributed by atoms with Crippen LogP contribution in [0.25, 0.3) is 0 Å². The monoisotopic (exact) mass is 310 g/mol. The lowest BCUT2D eigenvalue weighted by Gasteiger charge is -2.31. The molecule has 1 aromatic rings. The molecule has 1 saturated heterocycles.